The molecule has 2 atom stereocenters. The summed E-state index contributed by atoms with van der Waals surface area (Å²) in [6.07, 6.45) is 6.78. The molecule has 2 unspecified atom stereocenters. The maximum absolute atomic E-state index is 12.5. The average Bonchev–Trinajstić information content (AvgIpc) is 2.66. The number of nitrogens with zero attached hydrogens (tertiary/aromatic N) is 3. The van der Waals surface area contributed by atoms with Crippen LogP contribution in [0.15, 0.2) is 11.3 Å². The summed E-state index contributed by atoms with van der Waals surface area (Å²) in [5, 5.41) is 30.1. The summed E-state index contributed by atoms with van der Waals surface area (Å²) in [5.41, 5.74) is 2.33. The van der Waals surface area contributed by atoms with Crippen LogP contribution < -0.4 is 5.73 Å². The van der Waals surface area contributed by atoms with Crippen LogP contribution in [0.5, 0.6) is 0 Å². The summed E-state index contributed by atoms with van der Waals surface area (Å²) in [4.78, 5) is 12.5. The second-order valence-electron chi connectivity index (χ2n) is 7.30. The van der Waals surface area contributed by atoms with E-state index in [-0.39, 0.29) is 5.92 Å². The van der Waals surface area contributed by atoms with Gasteiger partial charge < -0.3 is 10.5 Å². The number of nitrogens with two attached hydrogens (primary N) is 1. The monoisotopic (exact) mass is 338 g/mol. The van der Waals surface area contributed by atoms with Gasteiger partial charge in [0, 0.05) is 6.42 Å². The van der Waals surface area contributed by atoms with Crippen LogP contribution in [0.4, 0.5) is 0 Å². The molecule has 3 aliphatic rings. The minimum absolute atomic E-state index is 0.0175. The molecule has 6 heteroatoms. The summed E-state index contributed by atoms with van der Waals surface area (Å²) in [6.45, 7) is 0. The van der Waals surface area contributed by atoms with Gasteiger partial charge in [-0.1, -0.05) is 19.3 Å². The second kappa shape index (κ2) is 6.41. The molecule has 2 aliphatic carbocycles. The lowest BCUT2D eigenvalue weighted by atomic mass is 9.53. The first-order valence-corrected chi connectivity index (χ1v) is 9.00. The number of ether oxygens (including phenoxy) is 1. The maximum Gasteiger partial charge on any atom is 0.245 e. The van der Waals surface area contributed by atoms with Crippen LogP contribution in [0.3, 0.4) is 0 Å². The fourth-order valence-electron chi connectivity index (χ4n) is 4.86. The topological polar surface area (TPSA) is 124 Å². The predicted molar refractivity (Wildman–Crippen MR) is 87.8 cm³/mol. The van der Waals surface area contributed by atoms with Crippen molar-refractivity contribution in [2.75, 3.05) is 0 Å². The molecule has 0 aromatic rings. The molecule has 0 aromatic heterocycles. The number of carbonyl (C=O) groups excluding carboxylic acids is 1. The molecule has 0 saturated heterocycles. The zero-order chi connectivity index (χ0) is 18.1. The number of amides is 1. The third-order valence-electron chi connectivity index (χ3n) is 6.13. The van der Waals surface area contributed by atoms with Gasteiger partial charge in [0.15, 0.2) is 5.41 Å². The van der Waals surface area contributed by atoms with E-state index in [2.05, 4.69) is 0 Å². The first-order chi connectivity index (χ1) is 12.1. The number of rotatable bonds is 2. The Morgan fingerprint density at radius 2 is 1.64 bits per heavy atom. The molecule has 1 heterocycles. The highest BCUT2D eigenvalue weighted by atomic mass is 16.5. The molecule has 130 valence electrons. The van der Waals surface area contributed by atoms with E-state index in [1.54, 1.807) is 0 Å². The number of hydrogen-bond acceptors (Lipinski definition) is 5. The fraction of sp³-hybridized carbons (Fsp3) is 0.684. The molecule has 1 amide bonds. The predicted octanol–water partition coefficient (Wildman–Crippen LogP) is 2.82. The normalized spacial score (nSPS) is 31.6. The summed E-state index contributed by atoms with van der Waals surface area (Å²) >= 11 is 0. The summed E-state index contributed by atoms with van der Waals surface area (Å²) in [6, 6.07) is 6.07. The van der Waals surface area contributed by atoms with Gasteiger partial charge in [-0.15, -0.1) is 0 Å². The van der Waals surface area contributed by atoms with Crippen LogP contribution in [0, 0.1) is 50.7 Å². The quantitative estimate of drug-likeness (QED) is 0.829. The Kier molecular flexibility index (Phi) is 4.44. The van der Waals surface area contributed by atoms with E-state index in [1.165, 1.54) is 0 Å². The van der Waals surface area contributed by atoms with Crippen molar-refractivity contribution in [2.45, 2.75) is 63.9 Å². The lowest BCUT2D eigenvalue weighted by Gasteiger charge is -2.50. The third-order valence-corrected chi connectivity index (χ3v) is 6.13. The van der Waals surface area contributed by atoms with E-state index in [9.17, 15) is 20.6 Å². The first-order valence-electron chi connectivity index (χ1n) is 9.00. The van der Waals surface area contributed by atoms with E-state index in [0.29, 0.717) is 24.2 Å². The molecule has 0 aromatic carbocycles. The highest BCUT2D eigenvalue weighted by Crippen LogP contribution is 2.58. The number of allylic oxidation sites excluding steroid dienone is 1. The fourth-order valence-corrected chi connectivity index (χ4v) is 4.86. The minimum atomic E-state index is -1.92. The van der Waals surface area contributed by atoms with Gasteiger partial charge in [-0.2, -0.15) is 15.8 Å². The van der Waals surface area contributed by atoms with Gasteiger partial charge in [-0.3, -0.25) is 4.79 Å². The van der Waals surface area contributed by atoms with Crippen LogP contribution in [0.1, 0.15) is 57.8 Å². The molecule has 3 rings (SSSR count). The van der Waals surface area contributed by atoms with E-state index in [1.807, 2.05) is 18.2 Å². The van der Waals surface area contributed by atoms with Crippen molar-refractivity contribution < 1.29 is 9.53 Å². The Balaban J connectivity index is 2.24. The highest BCUT2D eigenvalue weighted by molar-refractivity contribution is 5.90. The largest absolute Gasteiger partial charge is 0.492 e. The molecule has 0 bridgehead atoms. The third kappa shape index (κ3) is 2.23. The van der Waals surface area contributed by atoms with Crippen molar-refractivity contribution in [3.63, 3.8) is 0 Å². The highest BCUT2D eigenvalue weighted by Gasteiger charge is 2.69. The smallest absolute Gasteiger partial charge is 0.245 e. The molecule has 25 heavy (non-hydrogen) atoms. The average molecular weight is 338 g/mol. The van der Waals surface area contributed by atoms with Crippen molar-refractivity contribution in [3.8, 4) is 18.2 Å². The maximum atomic E-state index is 12.5. The van der Waals surface area contributed by atoms with Gasteiger partial charge in [0.05, 0.1) is 24.0 Å². The van der Waals surface area contributed by atoms with Gasteiger partial charge in [-0.25, -0.2) is 0 Å². The van der Waals surface area contributed by atoms with Crippen LogP contribution in [0.2, 0.25) is 0 Å². The molecule has 0 spiro atoms. The lowest BCUT2D eigenvalue weighted by Crippen LogP contribution is -2.61. The van der Waals surface area contributed by atoms with Gasteiger partial charge >= 0.3 is 0 Å². The summed E-state index contributed by atoms with van der Waals surface area (Å²) < 4.78 is 6.21. The van der Waals surface area contributed by atoms with Crippen molar-refractivity contribution in [2.24, 2.45) is 22.5 Å². The molecule has 2 N–H and O–H groups in total. The second-order valence-corrected chi connectivity index (χ2v) is 7.30. The molecule has 0 radical (unpaired) electrons. The van der Waals surface area contributed by atoms with E-state index in [0.717, 1.165) is 44.9 Å². The molecular formula is C19H22N4O2. The lowest BCUT2D eigenvalue weighted by molar-refractivity contribution is -0.135. The Bertz CT molecular complexity index is 716. The molecule has 1 aliphatic heterocycles. The number of nitriles is 3. The SMILES string of the molecule is N#CC1(C(N)=O)C2=C(CCCC2)OC(C2CCCCC2)C1(C#N)C#N. The van der Waals surface area contributed by atoms with Crippen LogP contribution >= 0.6 is 0 Å². The molecule has 6 nitrogen and oxygen atoms in total. The zero-order valence-corrected chi connectivity index (χ0v) is 14.3. The standard InChI is InChI=1S/C19H22N4O2/c20-10-18(11-21)16(13-6-2-1-3-7-13)25-15-9-5-4-8-14(15)19(18,12-22)17(23)24/h13,16H,1-9H2,(H2,23,24). The number of primary amides is 1. The molecule has 1 fully saturated rings. The Morgan fingerprint density at radius 3 is 2.20 bits per heavy atom. The van der Waals surface area contributed by atoms with Gasteiger partial charge in [0.1, 0.15) is 6.10 Å². The van der Waals surface area contributed by atoms with Gasteiger partial charge in [0.25, 0.3) is 0 Å². The Labute approximate surface area is 147 Å². The van der Waals surface area contributed by atoms with Crippen molar-refractivity contribution in [3.05, 3.63) is 11.3 Å². The van der Waals surface area contributed by atoms with Crippen LogP contribution in [-0.2, 0) is 9.53 Å². The van der Waals surface area contributed by atoms with E-state index < -0.39 is 22.8 Å². The van der Waals surface area contributed by atoms with Gasteiger partial charge in [0.2, 0.25) is 11.3 Å². The number of carbonyl (C=O) groups is 1. The van der Waals surface area contributed by atoms with Gasteiger partial charge in [-0.05, 0) is 43.6 Å². The molecular weight excluding hydrogens is 316 g/mol. The van der Waals surface area contributed by atoms with Crippen LogP contribution in [-0.4, -0.2) is 12.0 Å². The van der Waals surface area contributed by atoms with Crippen molar-refractivity contribution >= 4 is 5.91 Å². The van der Waals surface area contributed by atoms with E-state index in [4.69, 9.17) is 10.5 Å². The van der Waals surface area contributed by atoms with E-state index >= 15 is 0 Å². The summed E-state index contributed by atoms with van der Waals surface area (Å²) in [7, 11) is 0. The Morgan fingerprint density at radius 1 is 1.00 bits per heavy atom. The first kappa shape index (κ1) is 17.3. The van der Waals surface area contributed by atoms with Crippen molar-refractivity contribution in [1.29, 1.82) is 15.8 Å². The molecule has 1 saturated carbocycles. The van der Waals surface area contributed by atoms with Crippen LogP contribution in [0.25, 0.3) is 0 Å². The Hall–Kier alpha value is -2.52. The number of hydrogen-bond donors (Lipinski definition) is 1. The minimum Gasteiger partial charge on any atom is -0.492 e. The summed E-state index contributed by atoms with van der Waals surface area (Å²) in [5.74, 6) is -0.309. The zero-order valence-electron chi connectivity index (χ0n) is 14.3. The van der Waals surface area contributed by atoms with Crippen molar-refractivity contribution in [1.82, 2.24) is 0 Å².